The van der Waals surface area contributed by atoms with Gasteiger partial charge >= 0.3 is 0 Å². The first-order valence-electron chi connectivity index (χ1n) is 7.13. The van der Waals surface area contributed by atoms with Crippen molar-refractivity contribution in [2.24, 2.45) is 4.99 Å². The van der Waals surface area contributed by atoms with Crippen molar-refractivity contribution >= 4 is 63.1 Å². The molecule has 0 atom stereocenters. The molecule has 0 aromatic carbocycles. The molecule has 10 heteroatoms. The normalized spacial score (nSPS) is 12.9. The zero-order valence-electron chi connectivity index (χ0n) is 14.9. The van der Waals surface area contributed by atoms with Gasteiger partial charge in [-0.15, -0.1) is 35.3 Å². The second-order valence-corrected chi connectivity index (χ2v) is 10.8. The molecule has 1 rings (SSSR count). The molecule has 0 saturated carbocycles. The lowest BCUT2D eigenvalue weighted by atomic mass is 10.2. The van der Waals surface area contributed by atoms with E-state index in [0.717, 1.165) is 11.4 Å². The highest BCUT2D eigenvalue weighted by atomic mass is 127. The molecule has 0 aliphatic rings. The van der Waals surface area contributed by atoms with E-state index in [9.17, 15) is 8.42 Å². The van der Waals surface area contributed by atoms with Crippen LogP contribution in [-0.4, -0.2) is 57.4 Å². The van der Waals surface area contributed by atoms with Gasteiger partial charge in [-0.25, -0.2) is 12.7 Å². The molecule has 24 heavy (non-hydrogen) atoms. The summed E-state index contributed by atoms with van der Waals surface area (Å²) in [5.41, 5.74) is 0. The first kappa shape index (κ1) is 24.0. The molecule has 0 saturated heterocycles. The molecule has 0 radical (unpaired) electrons. The van der Waals surface area contributed by atoms with Crippen molar-refractivity contribution in [3.8, 4) is 0 Å². The van der Waals surface area contributed by atoms with Crippen LogP contribution in [0.1, 0.15) is 18.7 Å². The summed E-state index contributed by atoms with van der Waals surface area (Å²) in [6.07, 6.45) is 2.08. The lowest BCUT2D eigenvalue weighted by Gasteiger charge is -2.23. The zero-order chi connectivity index (χ0) is 17.7. The number of nitrogens with one attached hydrogen (secondary N) is 2. The molecular weight excluding hydrogens is 479 g/mol. The average Bonchev–Trinajstić information content (AvgIpc) is 2.97. The largest absolute Gasteiger partial charge is 0.355 e. The highest BCUT2D eigenvalue weighted by molar-refractivity contribution is 14.0. The Labute approximate surface area is 171 Å². The van der Waals surface area contributed by atoms with Crippen LogP contribution in [0.25, 0.3) is 0 Å². The maximum atomic E-state index is 12.1. The molecule has 0 aliphatic carbocycles. The van der Waals surface area contributed by atoms with Crippen LogP contribution in [0.4, 0.5) is 0 Å². The minimum absolute atomic E-state index is 0. The molecule has 0 unspecified atom stereocenters. The zero-order valence-corrected chi connectivity index (χ0v) is 19.7. The summed E-state index contributed by atoms with van der Waals surface area (Å²) >= 11 is 3.06. The monoisotopic (exact) mass is 506 g/mol. The fraction of sp³-hybridized carbons (Fsp3) is 0.643. The van der Waals surface area contributed by atoms with Gasteiger partial charge in [-0.3, -0.25) is 4.99 Å². The Balaban J connectivity index is 0.00000529. The summed E-state index contributed by atoms with van der Waals surface area (Å²) in [6, 6.07) is 3.47. The molecule has 0 fully saturated rings. The second-order valence-electron chi connectivity index (χ2n) is 5.75. The molecule has 2 N–H and O–H groups in total. The summed E-state index contributed by atoms with van der Waals surface area (Å²) < 4.78 is 25.8. The number of thiophene rings is 1. The molecule has 1 aromatic rings. The van der Waals surface area contributed by atoms with E-state index in [2.05, 4.69) is 35.7 Å². The number of thioether (sulfide) groups is 1. The van der Waals surface area contributed by atoms with Crippen LogP contribution < -0.4 is 10.6 Å². The van der Waals surface area contributed by atoms with E-state index in [1.807, 2.05) is 6.07 Å². The Morgan fingerprint density at radius 3 is 2.46 bits per heavy atom. The van der Waals surface area contributed by atoms with Crippen molar-refractivity contribution < 1.29 is 8.42 Å². The smallest absolute Gasteiger partial charge is 0.252 e. The van der Waals surface area contributed by atoms with E-state index in [4.69, 9.17) is 0 Å². The third kappa shape index (κ3) is 7.06. The molecule has 0 aliphatic heterocycles. The highest BCUT2D eigenvalue weighted by Gasteiger charge is 2.20. The van der Waals surface area contributed by atoms with Crippen LogP contribution in [0.3, 0.4) is 0 Å². The third-order valence-electron chi connectivity index (χ3n) is 3.26. The van der Waals surface area contributed by atoms with Gasteiger partial charge in [0.25, 0.3) is 10.0 Å². The van der Waals surface area contributed by atoms with E-state index in [-0.39, 0.29) is 28.7 Å². The lowest BCUT2D eigenvalue weighted by Crippen LogP contribution is -2.42. The van der Waals surface area contributed by atoms with Gasteiger partial charge in [-0.1, -0.05) is 0 Å². The van der Waals surface area contributed by atoms with Crippen molar-refractivity contribution in [3.05, 3.63) is 17.0 Å². The summed E-state index contributed by atoms with van der Waals surface area (Å²) in [7, 11) is 1.43. The fourth-order valence-electron chi connectivity index (χ4n) is 1.53. The Bertz CT molecular complexity index is 642. The van der Waals surface area contributed by atoms with Gasteiger partial charge in [0.05, 0.1) is 6.54 Å². The molecule has 0 bridgehead atoms. The van der Waals surface area contributed by atoms with Crippen LogP contribution in [0.2, 0.25) is 0 Å². The molecular formula is C14H27IN4O2S3. The quantitative estimate of drug-likeness (QED) is 0.338. The fourth-order valence-corrected chi connectivity index (χ4v) is 4.21. The van der Waals surface area contributed by atoms with E-state index in [1.165, 1.54) is 29.7 Å². The predicted molar refractivity (Wildman–Crippen MR) is 116 cm³/mol. The summed E-state index contributed by atoms with van der Waals surface area (Å²) in [6.45, 7) is 5.65. The standard InChI is InChI=1S/C14H26N4O2S3.HI/c1-14(2,21-6)10-17-13(15-3)16-9-11-7-8-12(22-11)23(19,20)18(4)5;/h7-8H,9-10H2,1-6H3,(H2,15,16,17);1H. The number of guanidine groups is 1. The summed E-state index contributed by atoms with van der Waals surface area (Å²) in [5.74, 6) is 0.706. The van der Waals surface area contributed by atoms with Gasteiger partial charge in [0.15, 0.2) is 5.96 Å². The van der Waals surface area contributed by atoms with Crippen LogP contribution in [-0.2, 0) is 16.6 Å². The van der Waals surface area contributed by atoms with E-state index < -0.39 is 10.0 Å². The number of rotatable bonds is 7. The van der Waals surface area contributed by atoms with Gasteiger partial charge in [-0.05, 0) is 32.2 Å². The van der Waals surface area contributed by atoms with Crippen molar-refractivity contribution in [2.75, 3.05) is 33.9 Å². The number of halogens is 1. The molecule has 140 valence electrons. The Morgan fingerprint density at radius 1 is 1.33 bits per heavy atom. The van der Waals surface area contributed by atoms with E-state index >= 15 is 0 Å². The Morgan fingerprint density at radius 2 is 1.96 bits per heavy atom. The minimum Gasteiger partial charge on any atom is -0.355 e. The average molecular weight is 507 g/mol. The maximum Gasteiger partial charge on any atom is 0.252 e. The first-order chi connectivity index (χ1) is 10.6. The molecule has 0 spiro atoms. The van der Waals surface area contributed by atoms with Crippen molar-refractivity contribution in [1.82, 2.24) is 14.9 Å². The minimum atomic E-state index is -3.36. The summed E-state index contributed by atoms with van der Waals surface area (Å²) in [4.78, 5) is 5.13. The number of hydrogen-bond donors (Lipinski definition) is 2. The lowest BCUT2D eigenvalue weighted by molar-refractivity contribution is 0.523. The maximum absolute atomic E-state index is 12.1. The summed E-state index contributed by atoms with van der Waals surface area (Å²) in [5, 5.41) is 6.49. The van der Waals surface area contributed by atoms with Crippen LogP contribution in [0.5, 0.6) is 0 Å². The molecule has 1 aromatic heterocycles. The van der Waals surface area contributed by atoms with E-state index in [1.54, 1.807) is 24.9 Å². The molecule has 6 nitrogen and oxygen atoms in total. The number of aliphatic imine (C=N–C) groups is 1. The number of sulfonamides is 1. The third-order valence-corrected chi connectivity index (χ3v) is 7.88. The SMILES string of the molecule is CN=C(NCc1ccc(S(=O)(=O)N(C)C)s1)NCC(C)(C)SC.I. The van der Waals surface area contributed by atoms with Crippen molar-refractivity contribution in [2.45, 2.75) is 29.3 Å². The molecule has 0 amide bonds. The Kier molecular flexibility index (Phi) is 10.2. The van der Waals surface area contributed by atoms with Gasteiger partial charge < -0.3 is 10.6 Å². The number of hydrogen-bond acceptors (Lipinski definition) is 5. The van der Waals surface area contributed by atoms with Gasteiger partial charge in [0.1, 0.15) is 4.21 Å². The Hall–Kier alpha value is -0.0400. The van der Waals surface area contributed by atoms with Crippen molar-refractivity contribution in [1.29, 1.82) is 0 Å². The van der Waals surface area contributed by atoms with E-state index in [0.29, 0.717) is 16.7 Å². The topological polar surface area (TPSA) is 73.8 Å². The van der Waals surface area contributed by atoms with Crippen LogP contribution in [0, 0.1) is 0 Å². The van der Waals surface area contributed by atoms with Gasteiger partial charge in [0.2, 0.25) is 0 Å². The van der Waals surface area contributed by atoms with Gasteiger partial charge in [0, 0.05) is 37.3 Å². The van der Waals surface area contributed by atoms with Crippen molar-refractivity contribution in [3.63, 3.8) is 0 Å². The highest BCUT2D eigenvalue weighted by Crippen LogP contribution is 2.23. The number of nitrogens with zero attached hydrogens (tertiary/aromatic N) is 2. The first-order valence-corrected chi connectivity index (χ1v) is 10.6. The van der Waals surface area contributed by atoms with Crippen LogP contribution >= 0.6 is 47.1 Å². The second kappa shape index (κ2) is 10.2. The molecule has 1 heterocycles. The van der Waals surface area contributed by atoms with Gasteiger partial charge in [-0.2, -0.15) is 11.8 Å². The predicted octanol–water partition coefficient (Wildman–Crippen LogP) is 2.42. The van der Waals surface area contributed by atoms with Crippen LogP contribution in [0.15, 0.2) is 21.3 Å².